The molecule has 1 aliphatic rings. The highest BCUT2D eigenvalue weighted by Gasteiger charge is 2.16. The molecule has 0 radical (unpaired) electrons. The summed E-state index contributed by atoms with van der Waals surface area (Å²) in [4.78, 5) is 11.7. The molecule has 2 rings (SSSR count). The number of rotatable bonds is 4. The van der Waals surface area contributed by atoms with E-state index in [1.807, 2.05) is 30.3 Å². The van der Waals surface area contributed by atoms with Gasteiger partial charge in [-0.3, -0.25) is 4.79 Å². The fraction of sp³-hybridized carbons (Fsp3) is 0.533. The molecule has 1 aromatic rings. The zero-order valence-electron chi connectivity index (χ0n) is 10.7. The van der Waals surface area contributed by atoms with E-state index in [-0.39, 0.29) is 18.6 Å². The van der Waals surface area contributed by atoms with Crippen molar-refractivity contribution in [2.75, 3.05) is 11.9 Å². The molecule has 0 aromatic heterocycles. The van der Waals surface area contributed by atoms with E-state index in [2.05, 4.69) is 5.32 Å². The van der Waals surface area contributed by atoms with Crippen molar-refractivity contribution < 1.29 is 9.53 Å². The van der Waals surface area contributed by atoms with Crippen molar-refractivity contribution >= 4 is 11.7 Å². The third-order valence-electron chi connectivity index (χ3n) is 3.31. The molecule has 0 bridgehead atoms. The third-order valence-corrected chi connectivity index (χ3v) is 3.31. The quantitative estimate of drug-likeness (QED) is 0.655. The van der Waals surface area contributed by atoms with Crippen LogP contribution in [0.1, 0.15) is 38.5 Å². The Balaban J connectivity index is 1.71. The van der Waals surface area contributed by atoms with Gasteiger partial charge < -0.3 is 10.1 Å². The van der Waals surface area contributed by atoms with E-state index in [9.17, 15) is 4.79 Å². The Labute approximate surface area is 109 Å². The van der Waals surface area contributed by atoms with Crippen LogP contribution in [0.3, 0.4) is 0 Å². The Kier molecular flexibility index (Phi) is 5.06. The summed E-state index contributed by atoms with van der Waals surface area (Å²) < 4.78 is 5.49. The van der Waals surface area contributed by atoms with Gasteiger partial charge in [-0.15, -0.1) is 0 Å². The minimum absolute atomic E-state index is 0.137. The molecule has 98 valence electrons. The zero-order valence-corrected chi connectivity index (χ0v) is 10.7. The van der Waals surface area contributed by atoms with Crippen molar-refractivity contribution in [2.45, 2.75) is 44.6 Å². The second-order valence-corrected chi connectivity index (χ2v) is 4.82. The molecule has 0 heterocycles. The number of nitrogens with one attached hydrogen (secondary N) is 1. The smallest absolute Gasteiger partial charge is 0.325 e. The number of hydrogen-bond donors (Lipinski definition) is 1. The molecule has 0 spiro atoms. The number of benzene rings is 1. The summed E-state index contributed by atoms with van der Waals surface area (Å²) in [6.07, 6.45) is 7.10. The number of carbonyl (C=O) groups is 1. The number of ether oxygens (including phenoxy) is 1. The van der Waals surface area contributed by atoms with Crippen LogP contribution in [-0.4, -0.2) is 18.6 Å². The van der Waals surface area contributed by atoms with E-state index in [1.165, 1.54) is 25.7 Å². The Morgan fingerprint density at radius 2 is 1.78 bits per heavy atom. The molecule has 3 heteroatoms. The number of esters is 1. The van der Waals surface area contributed by atoms with Gasteiger partial charge in [-0.1, -0.05) is 31.0 Å². The molecule has 1 saturated carbocycles. The number of para-hydroxylation sites is 1. The second-order valence-electron chi connectivity index (χ2n) is 4.82. The predicted molar refractivity (Wildman–Crippen MR) is 72.5 cm³/mol. The Morgan fingerprint density at radius 1 is 1.11 bits per heavy atom. The average molecular weight is 247 g/mol. The van der Waals surface area contributed by atoms with Gasteiger partial charge in [0, 0.05) is 5.69 Å². The minimum Gasteiger partial charge on any atom is -0.461 e. The summed E-state index contributed by atoms with van der Waals surface area (Å²) in [6, 6.07) is 9.73. The van der Waals surface area contributed by atoms with Gasteiger partial charge in [0.05, 0.1) is 0 Å². The van der Waals surface area contributed by atoms with Gasteiger partial charge in [-0.2, -0.15) is 0 Å². The first-order valence-corrected chi connectivity index (χ1v) is 6.83. The van der Waals surface area contributed by atoms with E-state index in [0.717, 1.165) is 18.5 Å². The average Bonchev–Trinajstić information content (AvgIpc) is 2.66. The largest absolute Gasteiger partial charge is 0.461 e. The summed E-state index contributed by atoms with van der Waals surface area (Å²) in [7, 11) is 0. The highest BCUT2D eigenvalue weighted by molar-refractivity contribution is 5.75. The van der Waals surface area contributed by atoms with E-state index < -0.39 is 0 Å². The fourth-order valence-corrected chi connectivity index (χ4v) is 2.32. The highest BCUT2D eigenvalue weighted by Crippen LogP contribution is 2.19. The molecule has 0 atom stereocenters. The van der Waals surface area contributed by atoms with Gasteiger partial charge in [0.2, 0.25) is 0 Å². The lowest BCUT2D eigenvalue weighted by molar-refractivity contribution is -0.147. The van der Waals surface area contributed by atoms with Crippen molar-refractivity contribution in [2.24, 2.45) is 0 Å². The SMILES string of the molecule is O=C(CNc1ccccc1)OC1CCCCCC1. The van der Waals surface area contributed by atoms with Crippen molar-refractivity contribution in [1.82, 2.24) is 0 Å². The van der Waals surface area contributed by atoms with Crippen molar-refractivity contribution in [3.05, 3.63) is 30.3 Å². The lowest BCUT2D eigenvalue weighted by Crippen LogP contribution is -2.23. The molecular weight excluding hydrogens is 226 g/mol. The van der Waals surface area contributed by atoms with Crippen LogP contribution >= 0.6 is 0 Å². The Bertz CT molecular complexity index is 356. The maximum absolute atomic E-state index is 11.7. The number of hydrogen-bond acceptors (Lipinski definition) is 3. The topological polar surface area (TPSA) is 38.3 Å². The second kappa shape index (κ2) is 7.04. The van der Waals surface area contributed by atoms with E-state index in [0.29, 0.717) is 0 Å². The van der Waals surface area contributed by atoms with E-state index in [4.69, 9.17) is 4.74 Å². The van der Waals surface area contributed by atoms with Crippen molar-refractivity contribution in [3.63, 3.8) is 0 Å². The minimum atomic E-state index is -0.147. The van der Waals surface area contributed by atoms with E-state index in [1.54, 1.807) is 0 Å². The number of anilines is 1. The van der Waals surface area contributed by atoms with Crippen LogP contribution in [0.15, 0.2) is 30.3 Å². The summed E-state index contributed by atoms with van der Waals surface area (Å²) in [5.74, 6) is -0.147. The first-order valence-electron chi connectivity index (χ1n) is 6.83. The van der Waals surface area contributed by atoms with Gasteiger partial charge in [0.25, 0.3) is 0 Å². The van der Waals surface area contributed by atoms with Crippen molar-refractivity contribution in [3.8, 4) is 0 Å². The maximum Gasteiger partial charge on any atom is 0.325 e. The van der Waals surface area contributed by atoms with Crippen LogP contribution in [0.5, 0.6) is 0 Å². The maximum atomic E-state index is 11.7. The normalized spacial score (nSPS) is 16.9. The first-order chi connectivity index (χ1) is 8.84. The standard InChI is InChI=1S/C15H21NO2/c17-15(12-16-13-8-4-3-5-9-13)18-14-10-6-1-2-7-11-14/h3-5,8-9,14,16H,1-2,6-7,10-12H2. The molecule has 0 unspecified atom stereocenters. The summed E-state index contributed by atoms with van der Waals surface area (Å²) in [6.45, 7) is 0.251. The molecule has 1 aliphatic carbocycles. The lowest BCUT2D eigenvalue weighted by Gasteiger charge is -2.15. The van der Waals surface area contributed by atoms with Crippen LogP contribution in [0.2, 0.25) is 0 Å². The van der Waals surface area contributed by atoms with Gasteiger partial charge in [0.1, 0.15) is 12.6 Å². The van der Waals surface area contributed by atoms with Gasteiger partial charge >= 0.3 is 5.97 Å². The zero-order chi connectivity index (χ0) is 12.6. The molecule has 1 N–H and O–H groups in total. The molecule has 0 saturated heterocycles. The van der Waals surface area contributed by atoms with Crippen molar-refractivity contribution in [1.29, 1.82) is 0 Å². The van der Waals surface area contributed by atoms with Crippen LogP contribution < -0.4 is 5.32 Å². The summed E-state index contributed by atoms with van der Waals surface area (Å²) in [5, 5.41) is 3.08. The molecular formula is C15H21NO2. The monoisotopic (exact) mass is 247 g/mol. The number of carbonyl (C=O) groups excluding carboxylic acids is 1. The van der Waals surface area contributed by atoms with Crippen LogP contribution in [0.25, 0.3) is 0 Å². The molecule has 0 aliphatic heterocycles. The predicted octanol–water partition coefficient (Wildman–Crippen LogP) is 3.36. The van der Waals surface area contributed by atoms with Crippen LogP contribution in [-0.2, 0) is 9.53 Å². The Hall–Kier alpha value is -1.51. The van der Waals surface area contributed by atoms with E-state index >= 15 is 0 Å². The first kappa shape index (κ1) is 12.9. The van der Waals surface area contributed by atoms with Gasteiger partial charge in [-0.25, -0.2) is 0 Å². The lowest BCUT2D eigenvalue weighted by atomic mass is 10.1. The molecule has 1 fully saturated rings. The molecule has 1 aromatic carbocycles. The fourth-order valence-electron chi connectivity index (χ4n) is 2.32. The molecule has 3 nitrogen and oxygen atoms in total. The Morgan fingerprint density at radius 3 is 2.44 bits per heavy atom. The van der Waals surface area contributed by atoms with Crippen LogP contribution in [0, 0.1) is 0 Å². The molecule has 18 heavy (non-hydrogen) atoms. The summed E-state index contributed by atoms with van der Waals surface area (Å²) >= 11 is 0. The highest BCUT2D eigenvalue weighted by atomic mass is 16.5. The molecule has 0 amide bonds. The van der Waals surface area contributed by atoms with Gasteiger partial charge in [-0.05, 0) is 37.8 Å². The van der Waals surface area contributed by atoms with Crippen LogP contribution in [0.4, 0.5) is 5.69 Å². The van der Waals surface area contributed by atoms with Gasteiger partial charge in [0.15, 0.2) is 0 Å². The summed E-state index contributed by atoms with van der Waals surface area (Å²) in [5.41, 5.74) is 0.954. The third kappa shape index (κ3) is 4.40.